The first-order valence-electron chi connectivity index (χ1n) is 4.92. The number of hydrogen-bond donors (Lipinski definition) is 0. The Morgan fingerprint density at radius 1 is 1.56 bits per heavy atom. The normalized spacial score (nSPS) is 9.56. The number of benzene rings is 1. The van der Waals surface area contributed by atoms with Gasteiger partial charge in [-0.25, -0.2) is 4.39 Å². The van der Waals surface area contributed by atoms with Crippen molar-refractivity contribution in [1.82, 2.24) is 0 Å². The highest BCUT2D eigenvalue weighted by atomic mass is 19.1. The van der Waals surface area contributed by atoms with Gasteiger partial charge in [-0.05, 0) is 24.6 Å². The molecule has 0 fully saturated rings. The molecule has 1 aromatic carbocycles. The third kappa shape index (κ3) is 3.06. The molecule has 0 aromatic heterocycles. The highest BCUT2D eigenvalue weighted by Crippen LogP contribution is 2.18. The Hall–Kier alpha value is -1.89. The Morgan fingerprint density at radius 2 is 2.31 bits per heavy atom. The van der Waals surface area contributed by atoms with Crippen LogP contribution in [0.15, 0.2) is 18.2 Å². The maximum absolute atomic E-state index is 13.3. The number of halogens is 1. The van der Waals surface area contributed by atoms with Gasteiger partial charge in [-0.15, -0.1) is 0 Å². The second kappa shape index (κ2) is 5.86. The fourth-order valence-corrected chi connectivity index (χ4v) is 1.31. The van der Waals surface area contributed by atoms with Crippen molar-refractivity contribution < 1.29 is 13.9 Å². The van der Waals surface area contributed by atoms with Crippen LogP contribution in [-0.2, 0) is 0 Å². The third-order valence-corrected chi connectivity index (χ3v) is 2.17. The van der Waals surface area contributed by atoms with E-state index in [1.807, 2.05) is 6.07 Å². The van der Waals surface area contributed by atoms with Crippen molar-refractivity contribution in [2.75, 3.05) is 7.11 Å². The summed E-state index contributed by atoms with van der Waals surface area (Å²) in [7, 11) is 1.37. The molecule has 16 heavy (non-hydrogen) atoms. The summed E-state index contributed by atoms with van der Waals surface area (Å²) in [4.78, 5) is 11.6. The first kappa shape index (κ1) is 12.2. The highest BCUT2D eigenvalue weighted by Gasteiger charge is 2.09. The predicted octanol–water partition coefficient (Wildman–Crippen LogP) is 2.71. The number of hydrogen-bond acceptors (Lipinski definition) is 3. The van der Waals surface area contributed by atoms with Crippen LogP contribution in [0.25, 0.3) is 0 Å². The summed E-state index contributed by atoms with van der Waals surface area (Å²) in [5.74, 6) is -0.584. The molecule has 0 aliphatic rings. The minimum Gasteiger partial charge on any atom is -0.494 e. The molecule has 0 atom stereocenters. The molecule has 1 aromatic rings. The molecule has 0 amide bonds. The Labute approximate surface area is 93.5 Å². The quantitative estimate of drug-likeness (QED) is 0.567. The summed E-state index contributed by atoms with van der Waals surface area (Å²) in [6.07, 6.45) is 1.10. The van der Waals surface area contributed by atoms with Crippen LogP contribution in [-0.4, -0.2) is 12.9 Å². The number of methoxy groups -OCH3 is 1. The van der Waals surface area contributed by atoms with Gasteiger partial charge in [-0.1, -0.05) is 0 Å². The molecule has 0 saturated heterocycles. The maximum Gasteiger partial charge on any atom is 0.165 e. The zero-order valence-electron chi connectivity index (χ0n) is 9.00. The largest absolute Gasteiger partial charge is 0.494 e. The molecule has 0 radical (unpaired) electrons. The molecule has 0 N–H and O–H groups in total. The number of nitriles is 1. The van der Waals surface area contributed by atoms with Crippen LogP contribution in [0.2, 0.25) is 0 Å². The number of ketones is 1. The minimum atomic E-state index is -0.548. The number of ether oxygens (including phenoxy) is 1. The topological polar surface area (TPSA) is 50.1 Å². The van der Waals surface area contributed by atoms with E-state index in [9.17, 15) is 9.18 Å². The molecule has 0 unspecified atom stereocenters. The number of Topliss-reactive ketones (excluding diaryl/α,β-unsaturated/α-hetero) is 1. The van der Waals surface area contributed by atoms with Crippen molar-refractivity contribution in [3.05, 3.63) is 29.6 Å². The molecule has 0 saturated carbocycles. The summed E-state index contributed by atoms with van der Waals surface area (Å²) in [5.41, 5.74) is 0.316. The molecule has 84 valence electrons. The molecule has 0 bridgehead atoms. The lowest BCUT2D eigenvalue weighted by molar-refractivity contribution is 0.0980. The fraction of sp³-hybridized carbons (Fsp3) is 0.333. The molecule has 0 heterocycles. The van der Waals surface area contributed by atoms with Gasteiger partial charge in [0.05, 0.1) is 13.2 Å². The smallest absolute Gasteiger partial charge is 0.165 e. The van der Waals surface area contributed by atoms with Crippen LogP contribution in [0.3, 0.4) is 0 Å². The van der Waals surface area contributed by atoms with E-state index >= 15 is 0 Å². The predicted molar refractivity (Wildman–Crippen MR) is 56.7 cm³/mol. The number of nitrogens with zero attached hydrogens (tertiary/aromatic N) is 1. The number of carbonyl (C=O) groups is 1. The first-order chi connectivity index (χ1) is 7.69. The van der Waals surface area contributed by atoms with E-state index in [2.05, 4.69) is 0 Å². The molecule has 0 aliphatic heterocycles. The zero-order chi connectivity index (χ0) is 12.0. The minimum absolute atomic E-state index is 0.119. The van der Waals surface area contributed by atoms with E-state index in [1.54, 1.807) is 0 Å². The van der Waals surface area contributed by atoms with Crippen LogP contribution < -0.4 is 4.74 Å². The second-order valence-corrected chi connectivity index (χ2v) is 3.28. The van der Waals surface area contributed by atoms with E-state index in [-0.39, 0.29) is 18.0 Å². The van der Waals surface area contributed by atoms with Crippen molar-refractivity contribution in [1.29, 1.82) is 5.26 Å². The van der Waals surface area contributed by atoms with E-state index in [0.717, 1.165) is 6.07 Å². The van der Waals surface area contributed by atoms with Gasteiger partial charge in [0, 0.05) is 18.4 Å². The second-order valence-electron chi connectivity index (χ2n) is 3.28. The van der Waals surface area contributed by atoms with Gasteiger partial charge in [-0.3, -0.25) is 4.79 Å². The third-order valence-electron chi connectivity index (χ3n) is 2.17. The number of unbranched alkanes of at least 4 members (excludes halogenated alkanes) is 1. The van der Waals surface area contributed by atoms with E-state index in [1.165, 1.54) is 19.2 Å². The van der Waals surface area contributed by atoms with Gasteiger partial charge in [0.15, 0.2) is 17.3 Å². The maximum atomic E-state index is 13.3. The highest BCUT2D eigenvalue weighted by molar-refractivity contribution is 5.96. The molecule has 0 aliphatic carbocycles. The van der Waals surface area contributed by atoms with Gasteiger partial charge < -0.3 is 4.74 Å². The summed E-state index contributed by atoms with van der Waals surface area (Å²) in [6, 6.07) is 6.07. The summed E-state index contributed by atoms with van der Waals surface area (Å²) in [5, 5.41) is 8.32. The zero-order valence-corrected chi connectivity index (χ0v) is 9.00. The van der Waals surface area contributed by atoms with Crippen LogP contribution in [0.4, 0.5) is 4.39 Å². The van der Waals surface area contributed by atoms with Crippen molar-refractivity contribution in [2.45, 2.75) is 19.3 Å². The molecule has 1 rings (SSSR count). The van der Waals surface area contributed by atoms with Crippen molar-refractivity contribution >= 4 is 5.78 Å². The summed E-state index contributed by atoms with van der Waals surface area (Å²) >= 11 is 0. The molecular formula is C12H12FNO2. The van der Waals surface area contributed by atoms with Crippen molar-refractivity contribution in [2.24, 2.45) is 0 Å². The lowest BCUT2D eigenvalue weighted by Gasteiger charge is -2.03. The number of rotatable bonds is 5. The fourth-order valence-electron chi connectivity index (χ4n) is 1.31. The monoisotopic (exact) mass is 221 g/mol. The van der Waals surface area contributed by atoms with Gasteiger partial charge in [0.25, 0.3) is 0 Å². The van der Waals surface area contributed by atoms with Crippen molar-refractivity contribution in [3.63, 3.8) is 0 Å². The van der Waals surface area contributed by atoms with Crippen LogP contribution in [0.5, 0.6) is 5.75 Å². The molecule has 4 heteroatoms. The number of carbonyl (C=O) groups excluding carboxylic acids is 1. The van der Waals surface area contributed by atoms with Gasteiger partial charge >= 0.3 is 0 Å². The van der Waals surface area contributed by atoms with E-state index in [4.69, 9.17) is 10.00 Å². The van der Waals surface area contributed by atoms with Crippen LogP contribution >= 0.6 is 0 Å². The van der Waals surface area contributed by atoms with Crippen LogP contribution in [0.1, 0.15) is 29.6 Å². The van der Waals surface area contributed by atoms with Crippen LogP contribution in [0, 0.1) is 17.1 Å². The van der Waals surface area contributed by atoms with Gasteiger partial charge in [-0.2, -0.15) is 5.26 Å². The average Bonchev–Trinajstić information content (AvgIpc) is 2.29. The molecule has 0 spiro atoms. The standard InChI is InChI=1S/C12H12FNO2/c1-16-12-6-5-9(8-10(12)13)11(15)4-2-3-7-14/h5-6,8H,2-4H2,1H3. The van der Waals surface area contributed by atoms with E-state index in [0.29, 0.717) is 18.4 Å². The SMILES string of the molecule is COc1ccc(C(=O)CCCC#N)cc1F. The average molecular weight is 221 g/mol. The molecule has 3 nitrogen and oxygen atoms in total. The Kier molecular flexibility index (Phi) is 4.46. The Balaban J connectivity index is 2.70. The van der Waals surface area contributed by atoms with Gasteiger partial charge in [0.2, 0.25) is 0 Å². The molecular weight excluding hydrogens is 209 g/mol. The first-order valence-corrected chi connectivity index (χ1v) is 4.92. The summed E-state index contributed by atoms with van der Waals surface area (Å²) < 4.78 is 18.0. The lowest BCUT2D eigenvalue weighted by Crippen LogP contribution is -2.00. The Bertz CT molecular complexity index is 424. The van der Waals surface area contributed by atoms with Crippen molar-refractivity contribution in [3.8, 4) is 11.8 Å². The lowest BCUT2D eigenvalue weighted by atomic mass is 10.1. The van der Waals surface area contributed by atoms with Gasteiger partial charge in [0.1, 0.15) is 0 Å². The van der Waals surface area contributed by atoms with E-state index < -0.39 is 5.82 Å². The summed E-state index contributed by atoms with van der Waals surface area (Å²) in [6.45, 7) is 0. The Morgan fingerprint density at radius 3 is 2.88 bits per heavy atom.